The first-order valence-electron chi connectivity index (χ1n) is 7.34. The Labute approximate surface area is 134 Å². The maximum absolute atomic E-state index is 12.2. The second-order valence-electron chi connectivity index (χ2n) is 4.98. The minimum Gasteiger partial charge on any atom is -0.507 e. The molecule has 1 heterocycles. The number of rotatable bonds is 4. The van der Waals surface area contributed by atoms with E-state index in [9.17, 15) is 9.90 Å². The van der Waals surface area contributed by atoms with E-state index in [4.69, 9.17) is 9.15 Å². The van der Waals surface area contributed by atoms with Crippen LogP contribution in [-0.4, -0.2) is 17.7 Å². The molecular weight excluding hydrogens is 292 g/mol. The third-order valence-electron chi connectivity index (χ3n) is 3.49. The SMILES string of the molecule is CCOC(=O)c1c(O)cc(-c2ccccc2)cc1-c1ccco1. The van der Waals surface area contributed by atoms with E-state index < -0.39 is 5.97 Å². The summed E-state index contributed by atoms with van der Waals surface area (Å²) in [6, 6.07) is 16.5. The zero-order chi connectivity index (χ0) is 16.2. The van der Waals surface area contributed by atoms with Gasteiger partial charge in [-0.1, -0.05) is 30.3 Å². The lowest BCUT2D eigenvalue weighted by molar-refractivity contribution is 0.0524. The summed E-state index contributed by atoms with van der Waals surface area (Å²) in [6.07, 6.45) is 1.52. The summed E-state index contributed by atoms with van der Waals surface area (Å²) in [6.45, 7) is 1.95. The van der Waals surface area contributed by atoms with Crippen molar-refractivity contribution in [2.75, 3.05) is 6.61 Å². The maximum Gasteiger partial charge on any atom is 0.342 e. The van der Waals surface area contributed by atoms with Crippen LogP contribution in [0.3, 0.4) is 0 Å². The predicted molar refractivity (Wildman–Crippen MR) is 87.2 cm³/mol. The van der Waals surface area contributed by atoms with Crippen LogP contribution in [0.5, 0.6) is 5.75 Å². The Morgan fingerprint density at radius 3 is 2.52 bits per heavy atom. The van der Waals surface area contributed by atoms with Gasteiger partial charge in [0, 0.05) is 5.56 Å². The number of esters is 1. The molecule has 23 heavy (non-hydrogen) atoms. The van der Waals surface area contributed by atoms with Crippen LogP contribution in [-0.2, 0) is 4.74 Å². The van der Waals surface area contributed by atoms with Gasteiger partial charge in [0.15, 0.2) is 0 Å². The van der Waals surface area contributed by atoms with Crippen molar-refractivity contribution >= 4 is 5.97 Å². The van der Waals surface area contributed by atoms with Crippen molar-refractivity contribution < 1.29 is 19.1 Å². The number of hydrogen-bond acceptors (Lipinski definition) is 4. The molecule has 1 N–H and O–H groups in total. The Kier molecular flexibility index (Phi) is 4.15. The molecule has 0 aliphatic heterocycles. The van der Waals surface area contributed by atoms with Crippen LogP contribution in [0.25, 0.3) is 22.5 Å². The molecule has 0 fully saturated rings. The Bertz CT molecular complexity index is 805. The van der Waals surface area contributed by atoms with Crippen LogP contribution in [0.4, 0.5) is 0 Å². The molecule has 0 radical (unpaired) electrons. The van der Waals surface area contributed by atoms with Gasteiger partial charge in [0.25, 0.3) is 0 Å². The Morgan fingerprint density at radius 1 is 1.09 bits per heavy atom. The van der Waals surface area contributed by atoms with Crippen LogP contribution >= 0.6 is 0 Å². The first kappa shape index (κ1) is 14.9. The Hall–Kier alpha value is -3.01. The molecule has 116 valence electrons. The van der Waals surface area contributed by atoms with Gasteiger partial charge in [0.2, 0.25) is 0 Å². The molecule has 4 nitrogen and oxygen atoms in total. The van der Waals surface area contributed by atoms with E-state index in [1.807, 2.05) is 36.4 Å². The molecule has 0 saturated carbocycles. The number of phenols is 1. The number of carbonyl (C=O) groups is 1. The third-order valence-corrected chi connectivity index (χ3v) is 3.49. The van der Waals surface area contributed by atoms with Gasteiger partial charge in [-0.3, -0.25) is 0 Å². The fraction of sp³-hybridized carbons (Fsp3) is 0.105. The summed E-state index contributed by atoms with van der Waals surface area (Å²) < 4.78 is 10.5. The van der Waals surface area contributed by atoms with Gasteiger partial charge in [-0.25, -0.2) is 4.79 Å². The lowest BCUT2D eigenvalue weighted by Gasteiger charge is -2.12. The van der Waals surface area contributed by atoms with E-state index in [-0.39, 0.29) is 17.9 Å². The molecule has 0 saturated heterocycles. The van der Waals surface area contributed by atoms with Gasteiger partial charge in [0.1, 0.15) is 17.1 Å². The van der Waals surface area contributed by atoms with Crippen LogP contribution in [0.1, 0.15) is 17.3 Å². The number of ether oxygens (including phenoxy) is 1. The van der Waals surface area contributed by atoms with E-state index in [0.29, 0.717) is 11.3 Å². The summed E-state index contributed by atoms with van der Waals surface area (Å²) in [5, 5.41) is 10.4. The van der Waals surface area contributed by atoms with Crippen molar-refractivity contribution in [1.29, 1.82) is 0 Å². The van der Waals surface area contributed by atoms with Gasteiger partial charge in [-0.2, -0.15) is 0 Å². The summed E-state index contributed by atoms with van der Waals surface area (Å²) in [5.41, 5.74) is 2.35. The highest BCUT2D eigenvalue weighted by molar-refractivity contribution is 6.00. The molecule has 0 amide bonds. The molecular formula is C19H16O4. The zero-order valence-electron chi connectivity index (χ0n) is 12.7. The van der Waals surface area contributed by atoms with Crippen molar-refractivity contribution in [2.24, 2.45) is 0 Å². The first-order valence-corrected chi connectivity index (χ1v) is 7.34. The van der Waals surface area contributed by atoms with Crippen molar-refractivity contribution in [3.63, 3.8) is 0 Å². The smallest absolute Gasteiger partial charge is 0.342 e. The van der Waals surface area contributed by atoms with E-state index in [1.165, 1.54) is 6.26 Å². The summed E-state index contributed by atoms with van der Waals surface area (Å²) in [5.74, 6) is -0.201. The largest absolute Gasteiger partial charge is 0.507 e. The monoisotopic (exact) mass is 308 g/mol. The van der Waals surface area contributed by atoms with Crippen molar-refractivity contribution in [2.45, 2.75) is 6.92 Å². The first-order chi connectivity index (χ1) is 11.2. The van der Waals surface area contributed by atoms with E-state index in [2.05, 4.69) is 0 Å². The number of aromatic hydroxyl groups is 1. The van der Waals surface area contributed by atoms with Crippen LogP contribution in [0.2, 0.25) is 0 Å². The standard InChI is InChI=1S/C19H16O4/c1-2-22-19(21)18-15(17-9-6-10-23-17)11-14(12-16(18)20)13-7-4-3-5-8-13/h3-12,20H,2H2,1H3. The third kappa shape index (κ3) is 2.97. The lowest BCUT2D eigenvalue weighted by atomic mass is 9.96. The molecule has 0 unspecified atom stereocenters. The average Bonchev–Trinajstić information content (AvgIpc) is 3.09. The van der Waals surface area contributed by atoms with Crippen LogP contribution in [0.15, 0.2) is 65.3 Å². The van der Waals surface area contributed by atoms with Crippen LogP contribution in [0, 0.1) is 0 Å². The topological polar surface area (TPSA) is 59.7 Å². The Balaban J connectivity index is 2.20. The number of furan rings is 1. The minimum atomic E-state index is -0.573. The molecule has 0 atom stereocenters. The summed E-state index contributed by atoms with van der Waals surface area (Å²) in [7, 11) is 0. The molecule has 0 bridgehead atoms. The normalized spacial score (nSPS) is 10.5. The second-order valence-corrected chi connectivity index (χ2v) is 4.98. The fourth-order valence-electron chi connectivity index (χ4n) is 2.47. The quantitative estimate of drug-likeness (QED) is 0.721. The zero-order valence-corrected chi connectivity index (χ0v) is 12.7. The molecule has 0 aliphatic rings. The fourth-order valence-corrected chi connectivity index (χ4v) is 2.47. The lowest BCUT2D eigenvalue weighted by Crippen LogP contribution is -2.07. The summed E-state index contributed by atoms with van der Waals surface area (Å²) in [4.78, 5) is 12.2. The summed E-state index contributed by atoms with van der Waals surface area (Å²) >= 11 is 0. The molecule has 4 heteroatoms. The van der Waals surface area contributed by atoms with Crippen molar-refractivity contribution in [3.8, 4) is 28.2 Å². The van der Waals surface area contributed by atoms with Gasteiger partial charge in [-0.15, -0.1) is 0 Å². The van der Waals surface area contributed by atoms with Crippen LogP contribution < -0.4 is 0 Å². The maximum atomic E-state index is 12.2. The van der Waals surface area contributed by atoms with Crippen molar-refractivity contribution in [3.05, 3.63) is 66.4 Å². The molecule has 3 aromatic rings. The van der Waals surface area contributed by atoms with Gasteiger partial charge in [0.05, 0.1) is 12.9 Å². The minimum absolute atomic E-state index is 0.112. The van der Waals surface area contributed by atoms with Crippen molar-refractivity contribution in [1.82, 2.24) is 0 Å². The number of benzene rings is 2. The average molecular weight is 308 g/mol. The van der Waals surface area contributed by atoms with Gasteiger partial charge < -0.3 is 14.3 Å². The predicted octanol–water partition coefficient (Wildman–Crippen LogP) is 4.50. The Morgan fingerprint density at radius 2 is 1.87 bits per heavy atom. The molecule has 0 spiro atoms. The molecule has 2 aromatic carbocycles. The van der Waals surface area contributed by atoms with E-state index in [0.717, 1.165) is 11.1 Å². The van der Waals surface area contributed by atoms with Gasteiger partial charge in [-0.05, 0) is 42.3 Å². The number of phenolic OH excluding ortho intramolecular Hbond substituents is 1. The second kappa shape index (κ2) is 6.40. The van der Waals surface area contributed by atoms with Gasteiger partial charge >= 0.3 is 5.97 Å². The van der Waals surface area contributed by atoms with E-state index in [1.54, 1.807) is 25.1 Å². The molecule has 0 aliphatic carbocycles. The molecule has 3 rings (SSSR count). The highest BCUT2D eigenvalue weighted by atomic mass is 16.5. The number of hydrogen-bond donors (Lipinski definition) is 1. The highest BCUT2D eigenvalue weighted by Crippen LogP contribution is 2.36. The van der Waals surface area contributed by atoms with E-state index >= 15 is 0 Å². The number of carbonyl (C=O) groups excluding carboxylic acids is 1. The molecule has 1 aromatic heterocycles. The highest BCUT2D eigenvalue weighted by Gasteiger charge is 2.22.